The molecule has 0 spiro atoms. The number of carbonyl (C=O) groups excluding carboxylic acids is 1. The van der Waals surface area contributed by atoms with Crippen molar-refractivity contribution in [2.75, 3.05) is 19.7 Å². The first kappa shape index (κ1) is 13.6. The van der Waals surface area contributed by atoms with Gasteiger partial charge in [-0.1, -0.05) is 17.7 Å². The number of carbonyl (C=O) groups is 1. The van der Waals surface area contributed by atoms with Crippen molar-refractivity contribution in [2.24, 2.45) is 5.92 Å². The lowest BCUT2D eigenvalue weighted by molar-refractivity contribution is 0.0480. The SMILES string of the molecule is Cc1ccc(C(=O)N2CC[C@H](OCC3CC3)C2)c(C)c1. The first-order valence-corrected chi connectivity index (χ1v) is 7.61. The van der Waals surface area contributed by atoms with Crippen LogP contribution in [0.25, 0.3) is 0 Å². The van der Waals surface area contributed by atoms with Gasteiger partial charge in [0.15, 0.2) is 0 Å². The van der Waals surface area contributed by atoms with Gasteiger partial charge in [0.2, 0.25) is 0 Å². The van der Waals surface area contributed by atoms with E-state index in [0.29, 0.717) is 0 Å². The smallest absolute Gasteiger partial charge is 0.254 e. The van der Waals surface area contributed by atoms with Crippen LogP contribution in [0.4, 0.5) is 0 Å². The Hall–Kier alpha value is -1.35. The number of ether oxygens (including phenoxy) is 1. The molecule has 0 bridgehead atoms. The summed E-state index contributed by atoms with van der Waals surface area (Å²) >= 11 is 0. The maximum absolute atomic E-state index is 12.5. The van der Waals surface area contributed by atoms with Crippen LogP contribution in [-0.2, 0) is 4.74 Å². The van der Waals surface area contributed by atoms with Crippen molar-refractivity contribution in [3.8, 4) is 0 Å². The highest BCUT2D eigenvalue weighted by atomic mass is 16.5. The molecule has 1 heterocycles. The highest BCUT2D eigenvalue weighted by Crippen LogP contribution is 2.30. The number of hydrogen-bond acceptors (Lipinski definition) is 2. The van der Waals surface area contributed by atoms with Gasteiger partial charge in [-0.15, -0.1) is 0 Å². The normalized spacial score (nSPS) is 22.3. The molecule has 1 aliphatic heterocycles. The average molecular weight is 273 g/mol. The Labute approximate surface area is 120 Å². The highest BCUT2D eigenvalue weighted by Gasteiger charge is 2.30. The Balaban J connectivity index is 1.59. The van der Waals surface area contributed by atoms with Gasteiger partial charge in [0.25, 0.3) is 5.91 Å². The molecule has 1 saturated heterocycles. The Bertz CT molecular complexity index is 508. The third kappa shape index (κ3) is 3.04. The van der Waals surface area contributed by atoms with E-state index < -0.39 is 0 Å². The molecule has 108 valence electrons. The minimum absolute atomic E-state index is 0.153. The van der Waals surface area contributed by atoms with Gasteiger partial charge >= 0.3 is 0 Å². The summed E-state index contributed by atoms with van der Waals surface area (Å²) in [6.07, 6.45) is 3.85. The Morgan fingerprint density at radius 2 is 2.10 bits per heavy atom. The molecule has 2 fully saturated rings. The van der Waals surface area contributed by atoms with E-state index in [1.165, 1.54) is 18.4 Å². The van der Waals surface area contributed by atoms with E-state index in [0.717, 1.165) is 43.2 Å². The van der Waals surface area contributed by atoms with Crippen LogP contribution in [0.3, 0.4) is 0 Å². The molecule has 0 radical (unpaired) electrons. The van der Waals surface area contributed by atoms with Crippen LogP contribution in [0.5, 0.6) is 0 Å². The summed E-state index contributed by atoms with van der Waals surface area (Å²) < 4.78 is 5.90. The number of benzene rings is 1. The van der Waals surface area contributed by atoms with Crippen molar-refractivity contribution >= 4 is 5.91 Å². The molecular formula is C17H23NO2. The molecule has 0 aromatic heterocycles. The lowest BCUT2D eigenvalue weighted by Crippen LogP contribution is -2.30. The van der Waals surface area contributed by atoms with Gasteiger partial charge in [0.1, 0.15) is 0 Å². The maximum Gasteiger partial charge on any atom is 0.254 e. The summed E-state index contributed by atoms with van der Waals surface area (Å²) in [6.45, 7) is 6.52. The minimum atomic E-state index is 0.153. The van der Waals surface area contributed by atoms with E-state index in [-0.39, 0.29) is 12.0 Å². The molecule has 20 heavy (non-hydrogen) atoms. The second-order valence-electron chi connectivity index (χ2n) is 6.26. The molecule has 1 amide bonds. The molecule has 1 atom stereocenters. The molecule has 1 saturated carbocycles. The van der Waals surface area contributed by atoms with Crippen LogP contribution in [0.2, 0.25) is 0 Å². The summed E-state index contributed by atoms with van der Waals surface area (Å²) in [5, 5.41) is 0. The van der Waals surface area contributed by atoms with Gasteiger partial charge in [-0.2, -0.15) is 0 Å². The van der Waals surface area contributed by atoms with Crippen molar-refractivity contribution < 1.29 is 9.53 Å². The summed E-state index contributed by atoms with van der Waals surface area (Å²) in [5.74, 6) is 0.944. The monoisotopic (exact) mass is 273 g/mol. The number of nitrogens with zero attached hydrogens (tertiary/aromatic N) is 1. The number of hydrogen-bond donors (Lipinski definition) is 0. The van der Waals surface area contributed by atoms with Gasteiger partial charge in [-0.05, 0) is 50.7 Å². The Morgan fingerprint density at radius 1 is 1.30 bits per heavy atom. The third-order valence-corrected chi connectivity index (χ3v) is 4.31. The van der Waals surface area contributed by atoms with E-state index in [9.17, 15) is 4.79 Å². The van der Waals surface area contributed by atoms with Gasteiger partial charge < -0.3 is 9.64 Å². The zero-order chi connectivity index (χ0) is 14.1. The summed E-state index contributed by atoms with van der Waals surface area (Å²) in [4.78, 5) is 14.5. The lowest BCUT2D eigenvalue weighted by Gasteiger charge is -2.18. The van der Waals surface area contributed by atoms with Crippen molar-refractivity contribution in [1.82, 2.24) is 4.90 Å². The standard InChI is InChI=1S/C17H23NO2/c1-12-3-6-16(13(2)9-12)17(19)18-8-7-15(10-18)20-11-14-4-5-14/h3,6,9,14-15H,4-5,7-8,10-11H2,1-2H3/t15-/m0/s1. The summed E-state index contributed by atoms with van der Waals surface area (Å²) in [5.41, 5.74) is 3.10. The lowest BCUT2D eigenvalue weighted by atomic mass is 10.0. The topological polar surface area (TPSA) is 29.5 Å². The fourth-order valence-corrected chi connectivity index (χ4v) is 2.83. The molecule has 3 heteroatoms. The zero-order valence-corrected chi connectivity index (χ0v) is 12.4. The van der Waals surface area contributed by atoms with Gasteiger partial charge in [-0.3, -0.25) is 4.79 Å². The number of likely N-dealkylation sites (tertiary alicyclic amines) is 1. The van der Waals surface area contributed by atoms with Crippen LogP contribution < -0.4 is 0 Å². The van der Waals surface area contributed by atoms with E-state index in [1.54, 1.807) is 0 Å². The molecule has 3 nitrogen and oxygen atoms in total. The maximum atomic E-state index is 12.5. The molecule has 1 aromatic carbocycles. The molecule has 2 aliphatic rings. The van der Waals surface area contributed by atoms with E-state index >= 15 is 0 Å². The van der Waals surface area contributed by atoms with Gasteiger partial charge in [0, 0.05) is 25.3 Å². The predicted molar refractivity (Wildman–Crippen MR) is 78.9 cm³/mol. The zero-order valence-electron chi connectivity index (χ0n) is 12.4. The third-order valence-electron chi connectivity index (χ3n) is 4.31. The van der Waals surface area contributed by atoms with E-state index in [4.69, 9.17) is 4.74 Å². The second kappa shape index (κ2) is 5.57. The van der Waals surface area contributed by atoms with Crippen molar-refractivity contribution in [1.29, 1.82) is 0 Å². The number of rotatable bonds is 4. The molecule has 0 N–H and O–H groups in total. The molecule has 3 rings (SSSR count). The van der Waals surface area contributed by atoms with Crippen LogP contribution in [-0.4, -0.2) is 36.6 Å². The fourth-order valence-electron chi connectivity index (χ4n) is 2.83. The van der Waals surface area contributed by atoms with Crippen LogP contribution in [0.15, 0.2) is 18.2 Å². The first-order chi connectivity index (χ1) is 9.63. The Morgan fingerprint density at radius 3 is 2.80 bits per heavy atom. The van der Waals surface area contributed by atoms with Crippen molar-refractivity contribution in [3.05, 3.63) is 34.9 Å². The minimum Gasteiger partial charge on any atom is -0.376 e. The van der Waals surface area contributed by atoms with Crippen molar-refractivity contribution in [2.45, 2.75) is 39.2 Å². The van der Waals surface area contributed by atoms with Crippen LogP contribution >= 0.6 is 0 Å². The quantitative estimate of drug-likeness (QED) is 0.844. The van der Waals surface area contributed by atoms with E-state index in [1.807, 2.05) is 24.0 Å². The molecular weight excluding hydrogens is 250 g/mol. The Kier molecular flexibility index (Phi) is 3.79. The first-order valence-electron chi connectivity index (χ1n) is 7.61. The van der Waals surface area contributed by atoms with Gasteiger partial charge in [0.05, 0.1) is 6.10 Å². The molecule has 1 aromatic rings. The summed E-state index contributed by atoms with van der Waals surface area (Å²) in [6, 6.07) is 6.03. The second-order valence-corrected chi connectivity index (χ2v) is 6.26. The van der Waals surface area contributed by atoms with Crippen LogP contribution in [0, 0.1) is 19.8 Å². The van der Waals surface area contributed by atoms with Gasteiger partial charge in [-0.25, -0.2) is 0 Å². The number of amides is 1. The van der Waals surface area contributed by atoms with Crippen LogP contribution in [0.1, 0.15) is 40.7 Å². The average Bonchev–Trinajstić information content (AvgIpc) is 3.13. The fraction of sp³-hybridized carbons (Fsp3) is 0.588. The molecule has 0 unspecified atom stereocenters. The predicted octanol–water partition coefficient (Wildman–Crippen LogP) is 2.94. The van der Waals surface area contributed by atoms with Crippen molar-refractivity contribution in [3.63, 3.8) is 0 Å². The van der Waals surface area contributed by atoms with E-state index in [2.05, 4.69) is 13.0 Å². The highest BCUT2D eigenvalue weighted by molar-refractivity contribution is 5.95. The largest absolute Gasteiger partial charge is 0.376 e. The summed E-state index contributed by atoms with van der Waals surface area (Å²) in [7, 11) is 0. The number of aryl methyl sites for hydroxylation is 2. The molecule has 1 aliphatic carbocycles.